The van der Waals surface area contributed by atoms with E-state index in [2.05, 4.69) is 5.32 Å². The van der Waals surface area contributed by atoms with Gasteiger partial charge in [-0.1, -0.05) is 12.1 Å². The third-order valence-electron chi connectivity index (χ3n) is 3.49. The van der Waals surface area contributed by atoms with Crippen molar-refractivity contribution in [3.63, 3.8) is 0 Å². The standard InChI is InChI=1S/C14H18N2O3/c1-14(2,13(18)19)7-10(15)8-3-4-11-9(5-8)6-12(17)16-11/h3-5,10H,6-7,15H2,1-2H3,(H,16,17)(H,18,19). The molecular weight excluding hydrogens is 244 g/mol. The van der Waals surface area contributed by atoms with Gasteiger partial charge < -0.3 is 16.2 Å². The van der Waals surface area contributed by atoms with Crippen LogP contribution >= 0.6 is 0 Å². The van der Waals surface area contributed by atoms with Crippen molar-refractivity contribution in [2.75, 3.05) is 5.32 Å². The van der Waals surface area contributed by atoms with E-state index in [9.17, 15) is 9.59 Å². The number of carbonyl (C=O) groups excluding carboxylic acids is 1. The van der Waals surface area contributed by atoms with Crippen molar-refractivity contribution in [2.24, 2.45) is 11.1 Å². The molecule has 0 bridgehead atoms. The van der Waals surface area contributed by atoms with Gasteiger partial charge in [-0.2, -0.15) is 0 Å². The minimum atomic E-state index is -0.869. The van der Waals surface area contributed by atoms with Gasteiger partial charge in [0, 0.05) is 11.7 Å². The normalized spacial score (nSPS) is 15.8. The number of carbonyl (C=O) groups is 2. The molecule has 19 heavy (non-hydrogen) atoms. The molecule has 0 fully saturated rings. The summed E-state index contributed by atoms with van der Waals surface area (Å²) < 4.78 is 0. The molecule has 0 aromatic heterocycles. The van der Waals surface area contributed by atoms with E-state index in [4.69, 9.17) is 10.8 Å². The zero-order chi connectivity index (χ0) is 14.2. The van der Waals surface area contributed by atoms with Gasteiger partial charge in [0.15, 0.2) is 0 Å². The maximum Gasteiger partial charge on any atom is 0.309 e. The number of fused-ring (bicyclic) bond motifs is 1. The Hall–Kier alpha value is -1.88. The summed E-state index contributed by atoms with van der Waals surface area (Å²) in [4.78, 5) is 22.4. The lowest BCUT2D eigenvalue weighted by atomic mass is 9.83. The summed E-state index contributed by atoms with van der Waals surface area (Å²) in [5.74, 6) is -0.882. The Balaban J connectivity index is 2.17. The van der Waals surface area contributed by atoms with E-state index in [1.54, 1.807) is 13.8 Å². The SMILES string of the molecule is CC(C)(CC(N)c1ccc2c(c1)CC(=O)N2)C(=O)O. The summed E-state index contributed by atoms with van der Waals surface area (Å²) in [6.07, 6.45) is 0.709. The third kappa shape index (κ3) is 2.76. The Morgan fingerprint density at radius 1 is 1.53 bits per heavy atom. The van der Waals surface area contributed by atoms with Crippen molar-refractivity contribution < 1.29 is 14.7 Å². The Morgan fingerprint density at radius 2 is 2.21 bits per heavy atom. The quantitative estimate of drug-likeness (QED) is 0.769. The number of aliphatic carboxylic acids is 1. The fourth-order valence-electron chi connectivity index (χ4n) is 2.23. The van der Waals surface area contributed by atoms with Crippen LogP contribution in [-0.2, 0) is 16.0 Å². The highest BCUT2D eigenvalue weighted by atomic mass is 16.4. The molecular formula is C14H18N2O3. The number of amides is 1. The average Bonchev–Trinajstić information content (AvgIpc) is 2.66. The number of hydrogen-bond acceptors (Lipinski definition) is 3. The molecule has 1 aromatic rings. The number of benzene rings is 1. The first-order chi connectivity index (χ1) is 8.79. The van der Waals surface area contributed by atoms with Crippen molar-refractivity contribution in [1.29, 1.82) is 0 Å². The Bertz CT molecular complexity index is 537. The van der Waals surface area contributed by atoms with E-state index in [1.807, 2.05) is 18.2 Å². The summed E-state index contributed by atoms with van der Waals surface area (Å²) >= 11 is 0. The predicted octanol–water partition coefficient (Wildman–Crippen LogP) is 1.68. The summed E-state index contributed by atoms with van der Waals surface area (Å²) in [6, 6.07) is 5.19. The van der Waals surface area contributed by atoms with Gasteiger partial charge in [0.1, 0.15) is 0 Å². The van der Waals surface area contributed by atoms with Crippen molar-refractivity contribution in [1.82, 2.24) is 0 Å². The molecule has 102 valence electrons. The largest absolute Gasteiger partial charge is 0.481 e. The van der Waals surface area contributed by atoms with Gasteiger partial charge in [0.2, 0.25) is 5.91 Å². The van der Waals surface area contributed by atoms with Gasteiger partial charge in [0.25, 0.3) is 0 Å². The fraction of sp³-hybridized carbons (Fsp3) is 0.429. The van der Waals surface area contributed by atoms with E-state index >= 15 is 0 Å². The van der Waals surface area contributed by atoms with Crippen molar-refractivity contribution in [3.05, 3.63) is 29.3 Å². The summed E-state index contributed by atoms with van der Waals surface area (Å²) in [7, 11) is 0. The van der Waals surface area contributed by atoms with Crippen LogP contribution in [0.3, 0.4) is 0 Å². The molecule has 1 unspecified atom stereocenters. The molecule has 5 heteroatoms. The third-order valence-corrected chi connectivity index (χ3v) is 3.49. The number of carboxylic acids is 1. The summed E-state index contributed by atoms with van der Waals surface area (Å²) in [5.41, 5.74) is 7.82. The molecule has 2 rings (SSSR count). The molecule has 4 N–H and O–H groups in total. The van der Waals surface area contributed by atoms with Crippen LogP contribution in [0.5, 0.6) is 0 Å². The smallest absolute Gasteiger partial charge is 0.309 e. The summed E-state index contributed by atoms with van der Waals surface area (Å²) in [6.45, 7) is 3.32. The zero-order valence-corrected chi connectivity index (χ0v) is 11.1. The molecule has 1 aliphatic rings. The minimum absolute atomic E-state index is 0.0217. The van der Waals surface area contributed by atoms with Crippen molar-refractivity contribution in [3.8, 4) is 0 Å². The van der Waals surface area contributed by atoms with Gasteiger partial charge in [-0.15, -0.1) is 0 Å². The monoisotopic (exact) mass is 262 g/mol. The number of anilines is 1. The molecule has 1 amide bonds. The maximum atomic E-state index is 11.3. The molecule has 1 atom stereocenters. The van der Waals surface area contributed by atoms with Gasteiger partial charge >= 0.3 is 5.97 Å². The van der Waals surface area contributed by atoms with Crippen LogP contribution in [-0.4, -0.2) is 17.0 Å². The summed E-state index contributed by atoms with van der Waals surface area (Å²) in [5, 5.41) is 11.9. The van der Waals surface area contributed by atoms with Crippen LogP contribution < -0.4 is 11.1 Å². The first-order valence-corrected chi connectivity index (χ1v) is 6.21. The number of rotatable bonds is 4. The van der Waals surface area contributed by atoms with E-state index in [-0.39, 0.29) is 11.9 Å². The van der Waals surface area contributed by atoms with E-state index in [0.717, 1.165) is 16.8 Å². The fourth-order valence-corrected chi connectivity index (χ4v) is 2.23. The van der Waals surface area contributed by atoms with Crippen molar-refractivity contribution in [2.45, 2.75) is 32.7 Å². The Morgan fingerprint density at radius 3 is 2.84 bits per heavy atom. The Labute approximate surface area is 111 Å². The predicted molar refractivity (Wildman–Crippen MR) is 71.7 cm³/mol. The van der Waals surface area contributed by atoms with Crippen LogP contribution in [0, 0.1) is 5.41 Å². The lowest BCUT2D eigenvalue weighted by Gasteiger charge is -2.23. The van der Waals surface area contributed by atoms with Crippen LogP contribution in [0.2, 0.25) is 0 Å². The van der Waals surface area contributed by atoms with E-state index in [1.165, 1.54) is 0 Å². The van der Waals surface area contributed by atoms with Gasteiger partial charge in [-0.05, 0) is 37.5 Å². The molecule has 0 aliphatic carbocycles. The number of hydrogen-bond donors (Lipinski definition) is 3. The number of nitrogens with one attached hydrogen (secondary N) is 1. The maximum absolute atomic E-state index is 11.3. The molecule has 1 aliphatic heterocycles. The van der Waals surface area contributed by atoms with Crippen LogP contribution in [0.4, 0.5) is 5.69 Å². The van der Waals surface area contributed by atoms with Crippen LogP contribution in [0.1, 0.15) is 37.4 Å². The molecule has 1 heterocycles. The topological polar surface area (TPSA) is 92.4 Å². The Kier molecular flexibility index (Phi) is 3.32. The lowest BCUT2D eigenvalue weighted by molar-refractivity contribution is -0.147. The van der Waals surface area contributed by atoms with Gasteiger partial charge in [-0.25, -0.2) is 0 Å². The van der Waals surface area contributed by atoms with E-state index in [0.29, 0.717) is 12.8 Å². The molecule has 0 spiro atoms. The lowest BCUT2D eigenvalue weighted by Crippen LogP contribution is -2.28. The number of carboxylic acid groups (broad SMARTS) is 1. The number of nitrogens with two attached hydrogens (primary N) is 1. The molecule has 0 saturated carbocycles. The first-order valence-electron chi connectivity index (χ1n) is 6.21. The molecule has 0 saturated heterocycles. The van der Waals surface area contributed by atoms with Crippen molar-refractivity contribution >= 4 is 17.6 Å². The van der Waals surface area contributed by atoms with Gasteiger partial charge in [0.05, 0.1) is 11.8 Å². The van der Waals surface area contributed by atoms with Gasteiger partial charge in [-0.3, -0.25) is 9.59 Å². The van der Waals surface area contributed by atoms with E-state index < -0.39 is 11.4 Å². The average molecular weight is 262 g/mol. The highest BCUT2D eigenvalue weighted by Crippen LogP contribution is 2.31. The van der Waals surface area contributed by atoms with Crippen LogP contribution in [0.15, 0.2) is 18.2 Å². The minimum Gasteiger partial charge on any atom is -0.481 e. The zero-order valence-electron chi connectivity index (χ0n) is 11.1. The second-order valence-corrected chi connectivity index (χ2v) is 5.64. The second-order valence-electron chi connectivity index (χ2n) is 5.64. The van der Waals surface area contributed by atoms with Crippen LogP contribution in [0.25, 0.3) is 0 Å². The highest BCUT2D eigenvalue weighted by molar-refractivity contribution is 5.99. The highest BCUT2D eigenvalue weighted by Gasteiger charge is 2.30. The molecule has 1 aromatic carbocycles. The first kappa shape index (κ1) is 13.5. The second kappa shape index (κ2) is 4.66. The molecule has 5 nitrogen and oxygen atoms in total. The molecule has 0 radical (unpaired) electrons.